The average Bonchev–Trinajstić information content (AvgIpc) is 2.38. The predicted molar refractivity (Wildman–Crippen MR) is 43.6 cm³/mol. The zero-order chi connectivity index (χ0) is 7.40. The molecule has 0 aromatic heterocycles. The van der Waals surface area contributed by atoms with Gasteiger partial charge in [-0.2, -0.15) is 0 Å². The topological polar surface area (TPSA) is 24.1 Å². The van der Waals surface area contributed by atoms with Gasteiger partial charge in [0, 0.05) is 13.1 Å². The maximum atomic E-state index is 3.31. The highest BCUT2D eigenvalue weighted by Gasteiger charge is 2.05. The quantitative estimate of drug-likeness (QED) is 0.602. The van der Waals surface area contributed by atoms with Crippen LogP contribution in [-0.2, 0) is 0 Å². The van der Waals surface area contributed by atoms with Crippen LogP contribution in [0.25, 0.3) is 0 Å². The minimum Gasteiger partial charge on any atom is -0.370 e. The van der Waals surface area contributed by atoms with Crippen molar-refractivity contribution in [2.45, 2.75) is 26.7 Å². The van der Waals surface area contributed by atoms with E-state index in [1.54, 1.807) is 0 Å². The molecule has 2 heteroatoms. The molecule has 0 aromatic rings. The van der Waals surface area contributed by atoms with E-state index in [2.05, 4.69) is 24.5 Å². The number of rotatable bonds is 2. The first kappa shape index (κ1) is 7.45. The van der Waals surface area contributed by atoms with E-state index in [0.717, 1.165) is 13.1 Å². The SMILES string of the molecule is CCCC(C)=C1NCCN1. The smallest absolute Gasteiger partial charge is 0.0976 e. The van der Waals surface area contributed by atoms with E-state index < -0.39 is 0 Å². The fraction of sp³-hybridized carbons (Fsp3) is 0.750. The van der Waals surface area contributed by atoms with Crippen molar-refractivity contribution in [2.75, 3.05) is 13.1 Å². The maximum Gasteiger partial charge on any atom is 0.0976 e. The minimum absolute atomic E-state index is 1.08. The van der Waals surface area contributed by atoms with Crippen molar-refractivity contribution >= 4 is 0 Å². The van der Waals surface area contributed by atoms with Gasteiger partial charge in [0.25, 0.3) is 0 Å². The van der Waals surface area contributed by atoms with E-state index in [1.807, 2.05) is 0 Å². The highest BCUT2D eigenvalue weighted by molar-refractivity contribution is 5.11. The molecule has 0 radical (unpaired) electrons. The first-order valence-corrected chi connectivity index (χ1v) is 4.02. The highest BCUT2D eigenvalue weighted by atomic mass is 15.2. The molecule has 2 N–H and O–H groups in total. The number of hydrogen-bond acceptors (Lipinski definition) is 2. The minimum atomic E-state index is 1.08. The number of nitrogens with one attached hydrogen (secondary N) is 2. The molecule has 1 fully saturated rings. The monoisotopic (exact) mass is 140 g/mol. The fourth-order valence-corrected chi connectivity index (χ4v) is 1.24. The maximum absolute atomic E-state index is 3.31. The third-order valence-electron chi connectivity index (χ3n) is 1.78. The molecule has 1 heterocycles. The Morgan fingerprint density at radius 1 is 1.40 bits per heavy atom. The van der Waals surface area contributed by atoms with Crippen LogP contribution in [0.2, 0.25) is 0 Å². The van der Waals surface area contributed by atoms with Gasteiger partial charge in [0.2, 0.25) is 0 Å². The summed E-state index contributed by atoms with van der Waals surface area (Å²) in [7, 11) is 0. The molecule has 1 aliphatic rings. The van der Waals surface area contributed by atoms with E-state index in [1.165, 1.54) is 24.2 Å². The van der Waals surface area contributed by atoms with Gasteiger partial charge in [-0.1, -0.05) is 13.3 Å². The van der Waals surface area contributed by atoms with Crippen LogP contribution in [0.3, 0.4) is 0 Å². The lowest BCUT2D eigenvalue weighted by Gasteiger charge is -2.04. The van der Waals surface area contributed by atoms with Crippen molar-refractivity contribution in [3.05, 3.63) is 11.4 Å². The molecule has 58 valence electrons. The number of allylic oxidation sites excluding steroid dienone is 1. The van der Waals surface area contributed by atoms with Gasteiger partial charge in [0.1, 0.15) is 0 Å². The van der Waals surface area contributed by atoms with E-state index in [4.69, 9.17) is 0 Å². The van der Waals surface area contributed by atoms with E-state index in [0.29, 0.717) is 0 Å². The van der Waals surface area contributed by atoms with Crippen LogP contribution in [-0.4, -0.2) is 13.1 Å². The van der Waals surface area contributed by atoms with Crippen molar-refractivity contribution in [2.24, 2.45) is 0 Å². The van der Waals surface area contributed by atoms with Crippen molar-refractivity contribution in [1.29, 1.82) is 0 Å². The summed E-state index contributed by atoms with van der Waals surface area (Å²) in [5, 5.41) is 6.62. The first-order valence-electron chi connectivity index (χ1n) is 4.02. The van der Waals surface area contributed by atoms with E-state index >= 15 is 0 Å². The molecule has 0 aromatic carbocycles. The Hall–Kier alpha value is -0.660. The van der Waals surface area contributed by atoms with Gasteiger partial charge in [-0.05, 0) is 18.9 Å². The Labute approximate surface area is 62.7 Å². The molecular formula is C8H16N2. The van der Waals surface area contributed by atoms with Crippen molar-refractivity contribution in [1.82, 2.24) is 10.6 Å². The lowest BCUT2D eigenvalue weighted by molar-refractivity contribution is 0.832. The molecule has 0 saturated carbocycles. The highest BCUT2D eigenvalue weighted by Crippen LogP contribution is 2.07. The zero-order valence-electron chi connectivity index (χ0n) is 6.83. The molecule has 2 nitrogen and oxygen atoms in total. The van der Waals surface area contributed by atoms with Crippen LogP contribution in [0.4, 0.5) is 0 Å². The average molecular weight is 140 g/mol. The molecule has 10 heavy (non-hydrogen) atoms. The van der Waals surface area contributed by atoms with Crippen LogP contribution < -0.4 is 10.6 Å². The fourth-order valence-electron chi connectivity index (χ4n) is 1.24. The Balaban J connectivity index is 2.46. The molecule has 0 aliphatic carbocycles. The summed E-state index contributed by atoms with van der Waals surface area (Å²) in [5.74, 6) is 1.27. The largest absolute Gasteiger partial charge is 0.370 e. The summed E-state index contributed by atoms with van der Waals surface area (Å²) in [6.45, 7) is 6.55. The summed E-state index contributed by atoms with van der Waals surface area (Å²) in [5.41, 5.74) is 1.46. The second kappa shape index (κ2) is 3.49. The molecule has 0 unspecified atom stereocenters. The Morgan fingerprint density at radius 3 is 2.50 bits per heavy atom. The normalized spacial score (nSPS) is 16.4. The molecule has 1 aliphatic heterocycles. The molecule has 0 atom stereocenters. The van der Waals surface area contributed by atoms with Crippen LogP contribution in [0.15, 0.2) is 11.4 Å². The third kappa shape index (κ3) is 1.66. The van der Waals surface area contributed by atoms with Gasteiger partial charge in [0.15, 0.2) is 0 Å². The van der Waals surface area contributed by atoms with Gasteiger partial charge in [-0.25, -0.2) is 0 Å². The predicted octanol–water partition coefficient (Wildman–Crippen LogP) is 1.21. The van der Waals surface area contributed by atoms with Crippen LogP contribution >= 0.6 is 0 Å². The van der Waals surface area contributed by atoms with Gasteiger partial charge < -0.3 is 10.6 Å². The zero-order valence-corrected chi connectivity index (χ0v) is 6.83. The second-order valence-electron chi connectivity index (χ2n) is 2.76. The first-order chi connectivity index (χ1) is 4.84. The summed E-state index contributed by atoms with van der Waals surface area (Å²) < 4.78 is 0. The second-order valence-corrected chi connectivity index (χ2v) is 2.76. The summed E-state index contributed by atoms with van der Waals surface area (Å²) in [6.07, 6.45) is 2.44. The lowest BCUT2D eigenvalue weighted by atomic mass is 10.2. The molecule has 0 bridgehead atoms. The Morgan fingerprint density at radius 2 is 2.00 bits per heavy atom. The van der Waals surface area contributed by atoms with Crippen molar-refractivity contribution in [3.63, 3.8) is 0 Å². The summed E-state index contributed by atoms with van der Waals surface area (Å²) in [6, 6.07) is 0. The molecule has 1 rings (SSSR count). The molecule has 0 amide bonds. The Bertz CT molecular complexity index is 130. The molecule has 0 spiro atoms. The standard InChI is InChI=1S/C8H16N2/c1-3-4-7(2)8-9-5-6-10-8/h9-10H,3-6H2,1-2H3. The van der Waals surface area contributed by atoms with E-state index in [9.17, 15) is 0 Å². The van der Waals surface area contributed by atoms with Gasteiger partial charge in [-0.15, -0.1) is 0 Å². The third-order valence-corrected chi connectivity index (χ3v) is 1.78. The Kier molecular flexibility index (Phi) is 2.60. The van der Waals surface area contributed by atoms with Crippen molar-refractivity contribution < 1.29 is 0 Å². The van der Waals surface area contributed by atoms with Crippen molar-refractivity contribution in [3.8, 4) is 0 Å². The van der Waals surface area contributed by atoms with Gasteiger partial charge in [-0.3, -0.25) is 0 Å². The van der Waals surface area contributed by atoms with Crippen LogP contribution in [0.1, 0.15) is 26.7 Å². The van der Waals surface area contributed by atoms with Crippen LogP contribution in [0, 0.1) is 0 Å². The molecular weight excluding hydrogens is 124 g/mol. The summed E-state index contributed by atoms with van der Waals surface area (Å²) >= 11 is 0. The number of hydrogen-bond donors (Lipinski definition) is 2. The van der Waals surface area contributed by atoms with Gasteiger partial charge in [0.05, 0.1) is 5.82 Å². The lowest BCUT2D eigenvalue weighted by Crippen LogP contribution is -2.12. The summed E-state index contributed by atoms with van der Waals surface area (Å²) in [4.78, 5) is 0. The van der Waals surface area contributed by atoms with Gasteiger partial charge >= 0.3 is 0 Å². The van der Waals surface area contributed by atoms with E-state index in [-0.39, 0.29) is 0 Å². The molecule has 1 saturated heterocycles. The van der Waals surface area contributed by atoms with Crippen LogP contribution in [0.5, 0.6) is 0 Å².